The van der Waals surface area contributed by atoms with Crippen LogP contribution in [-0.2, 0) is 6.42 Å². The van der Waals surface area contributed by atoms with Crippen molar-refractivity contribution in [1.82, 2.24) is 10.3 Å². The maximum Gasteiger partial charge on any atom is 0.0934 e. The van der Waals surface area contributed by atoms with E-state index in [2.05, 4.69) is 29.4 Å². The number of thiophene rings is 1. The smallest absolute Gasteiger partial charge is 0.0934 e. The maximum atomic E-state index is 6.08. The summed E-state index contributed by atoms with van der Waals surface area (Å²) in [4.78, 5) is 5.83. The first kappa shape index (κ1) is 12.2. The molecule has 2 aromatic heterocycles. The van der Waals surface area contributed by atoms with Crippen LogP contribution in [0.15, 0.2) is 30.5 Å². The largest absolute Gasteiger partial charge is 0.302 e. The molecule has 2 heterocycles. The molecule has 1 N–H and O–H groups in total. The molecule has 0 spiro atoms. The predicted octanol–water partition coefficient (Wildman–Crippen LogP) is 4.13. The number of pyridine rings is 1. The molecular weight excluding hydrogens is 264 g/mol. The van der Waals surface area contributed by atoms with E-state index in [-0.39, 0.29) is 6.04 Å². The van der Waals surface area contributed by atoms with Crippen LogP contribution >= 0.6 is 22.9 Å². The van der Waals surface area contributed by atoms with Crippen molar-refractivity contribution in [3.05, 3.63) is 50.9 Å². The van der Waals surface area contributed by atoms with Crippen LogP contribution in [0, 0.1) is 0 Å². The molecule has 1 aliphatic carbocycles. The van der Waals surface area contributed by atoms with Crippen LogP contribution in [-0.4, -0.2) is 4.98 Å². The van der Waals surface area contributed by atoms with E-state index in [1.807, 2.05) is 18.3 Å². The van der Waals surface area contributed by atoms with Gasteiger partial charge in [0.2, 0.25) is 0 Å². The number of aromatic nitrogens is 1. The standard InChI is InChI=1S/C14H15ClN2S/c1-9(11-4-2-3-7-16-11)17-12-5-6-13-10(12)8-14(15)18-13/h2-4,7-9,12,17H,5-6H2,1H3/t9-,12?/m0/s1. The minimum Gasteiger partial charge on any atom is -0.302 e. The van der Waals surface area contributed by atoms with Crippen molar-refractivity contribution in [2.45, 2.75) is 31.8 Å². The van der Waals surface area contributed by atoms with Crippen LogP contribution in [0.3, 0.4) is 0 Å². The number of fused-ring (bicyclic) bond motifs is 1. The van der Waals surface area contributed by atoms with E-state index in [1.54, 1.807) is 11.3 Å². The zero-order valence-electron chi connectivity index (χ0n) is 10.2. The van der Waals surface area contributed by atoms with Gasteiger partial charge < -0.3 is 5.32 Å². The molecule has 1 aliphatic rings. The lowest BCUT2D eigenvalue weighted by molar-refractivity contribution is 0.458. The average molecular weight is 279 g/mol. The van der Waals surface area contributed by atoms with E-state index in [0.717, 1.165) is 22.9 Å². The minimum absolute atomic E-state index is 0.265. The Hall–Kier alpha value is -0.900. The fraction of sp³-hybridized carbons (Fsp3) is 0.357. The average Bonchev–Trinajstić information content (AvgIpc) is 2.91. The molecule has 2 aromatic rings. The zero-order valence-corrected chi connectivity index (χ0v) is 11.8. The van der Waals surface area contributed by atoms with Gasteiger partial charge in [0, 0.05) is 23.2 Å². The molecule has 0 radical (unpaired) electrons. The Balaban J connectivity index is 1.75. The number of rotatable bonds is 3. The SMILES string of the molecule is C[C@H](NC1CCc2sc(Cl)cc21)c1ccccn1. The van der Waals surface area contributed by atoms with Crippen molar-refractivity contribution in [2.75, 3.05) is 0 Å². The summed E-state index contributed by atoms with van der Waals surface area (Å²) in [5.41, 5.74) is 2.47. The van der Waals surface area contributed by atoms with Crippen LogP contribution in [0.2, 0.25) is 4.34 Å². The molecule has 0 fully saturated rings. The van der Waals surface area contributed by atoms with Crippen molar-refractivity contribution >= 4 is 22.9 Å². The van der Waals surface area contributed by atoms with E-state index in [4.69, 9.17) is 11.6 Å². The lowest BCUT2D eigenvalue weighted by Gasteiger charge is -2.19. The third-order valence-electron chi connectivity index (χ3n) is 3.43. The summed E-state index contributed by atoms with van der Waals surface area (Å²) < 4.78 is 0.900. The number of halogens is 1. The highest BCUT2D eigenvalue weighted by molar-refractivity contribution is 7.16. The second-order valence-corrected chi connectivity index (χ2v) is 6.43. The zero-order chi connectivity index (χ0) is 12.5. The number of hydrogen-bond donors (Lipinski definition) is 1. The van der Waals surface area contributed by atoms with Gasteiger partial charge in [-0.05, 0) is 43.5 Å². The van der Waals surface area contributed by atoms with E-state index < -0.39 is 0 Å². The molecule has 0 saturated carbocycles. The van der Waals surface area contributed by atoms with Gasteiger partial charge >= 0.3 is 0 Å². The molecule has 0 bridgehead atoms. The first-order valence-electron chi connectivity index (χ1n) is 6.19. The second-order valence-electron chi connectivity index (χ2n) is 4.66. The molecule has 4 heteroatoms. The van der Waals surface area contributed by atoms with Crippen LogP contribution in [0.1, 0.15) is 41.6 Å². The Kier molecular flexibility index (Phi) is 3.37. The summed E-state index contributed by atoms with van der Waals surface area (Å²) in [6, 6.07) is 8.83. The lowest BCUT2D eigenvalue weighted by atomic mass is 10.1. The van der Waals surface area contributed by atoms with Crippen LogP contribution in [0.25, 0.3) is 0 Å². The summed E-state index contributed by atoms with van der Waals surface area (Å²) in [5.74, 6) is 0. The van der Waals surface area contributed by atoms with Crippen LogP contribution in [0.4, 0.5) is 0 Å². The van der Waals surface area contributed by atoms with E-state index in [0.29, 0.717) is 6.04 Å². The predicted molar refractivity (Wildman–Crippen MR) is 76.2 cm³/mol. The van der Waals surface area contributed by atoms with Gasteiger partial charge in [-0.15, -0.1) is 11.3 Å². The third kappa shape index (κ3) is 2.30. The van der Waals surface area contributed by atoms with E-state index >= 15 is 0 Å². The molecule has 1 unspecified atom stereocenters. The summed E-state index contributed by atoms with van der Waals surface area (Å²) in [5, 5.41) is 3.65. The highest BCUT2D eigenvalue weighted by atomic mass is 35.5. The minimum atomic E-state index is 0.265. The van der Waals surface area contributed by atoms with Crippen molar-refractivity contribution in [1.29, 1.82) is 0 Å². The Bertz CT molecular complexity index is 538. The summed E-state index contributed by atoms with van der Waals surface area (Å²) in [6.07, 6.45) is 4.14. The normalized spacial score (nSPS) is 19.8. The van der Waals surface area contributed by atoms with Gasteiger partial charge in [0.1, 0.15) is 0 Å². The molecule has 2 atom stereocenters. The molecule has 0 aliphatic heterocycles. The van der Waals surface area contributed by atoms with Gasteiger partial charge in [0.05, 0.1) is 10.0 Å². The molecule has 0 aromatic carbocycles. The third-order valence-corrected chi connectivity index (χ3v) is 4.77. The molecule has 94 valence electrons. The van der Waals surface area contributed by atoms with E-state index in [1.165, 1.54) is 10.4 Å². The lowest BCUT2D eigenvalue weighted by Crippen LogP contribution is -2.23. The van der Waals surface area contributed by atoms with Gasteiger partial charge in [0.15, 0.2) is 0 Å². The summed E-state index contributed by atoms with van der Waals surface area (Å²) >= 11 is 7.79. The second kappa shape index (κ2) is 5.00. The first-order valence-corrected chi connectivity index (χ1v) is 7.38. The Morgan fingerprint density at radius 1 is 1.50 bits per heavy atom. The maximum absolute atomic E-state index is 6.08. The summed E-state index contributed by atoms with van der Waals surface area (Å²) in [7, 11) is 0. The number of nitrogens with zero attached hydrogens (tertiary/aromatic N) is 1. The summed E-state index contributed by atoms with van der Waals surface area (Å²) in [6.45, 7) is 2.16. The monoisotopic (exact) mass is 278 g/mol. The van der Waals surface area contributed by atoms with Gasteiger partial charge in [-0.2, -0.15) is 0 Å². The Labute approximate surface area is 116 Å². The Morgan fingerprint density at radius 3 is 3.17 bits per heavy atom. The molecule has 0 amide bonds. The van der Waals surface area contributed by atoms with Crippen LogP contribution in [0.5, 0.6) is 0 Å². The van der Waals surface area contributed by atoms with Crippen LogP contribution < -0.4 is 5.32 Å². The topological polar surface area (TPSA) is 24.9 Å². The highest BCUT2D eigenvalue weighted by Crippen LogP contribution is 2.40. The van der Waals surface area contributed by atoms with Gasteiger partial charge in [-0.3, -0.25) is 4.98 Å². The van der Waals surface area contributed by atoms with Crippen molar-refractivity contribution in [2.24, 2.45) is 0 Å². The fourth-order valence-corrected chi connectivity index (χ4v) is 3.88. The van der Waals surface area contributed by atoms with Gasteiger partial charge in [0.25, 0.3) is 0 Å². The molecule has 2 nitrogen and oxygen atoms in total. The number of hydrogen-bond acceptors (Lipinski definition) is 3. The fourth-order valence-electron chi connectivity index (χ4n) is 2.52. The van der Waals surface area contributed by atoms with Crippen molar-refractivity contribution in [3.8, 4) is 0 Å². The quantitative estimate of drug-likeness (QED) is 0.913. The molecule has 3 rings (SSSR count). The molecular formula is C14H15ClN2S. The molecule has 0 saturated heterocycles. The van der Waals surface area contributed by atoms with Gasteiger partial charge in [-0.25, -0.2) is 0 Å². The van der Waals surface area contributed by atoms with E-state index in [9.17, 15) is 0 Å². The van der Waals surface area contributed by atoms with Crippen molar-refractivity contribution in [3.63, 3.8) is 0 Å². The van der Waals surface area contributed by atoms with Gasteiger partial charge in [-0.1, -0.05) is 17.7 Å². The highest BCUT2D eigenvalue weighted by Gasteiger charge is 2.26. The Morgan fingerprint density at radius 2 is 2.39 bits per heavy atom. The first-order chi connectivity index (χ1) is 8.74. The van der Waals surface area contributed by atoms with Crippen molar-refractivity contribution < 1.29 is 0 Å². The number of nitrogens with one attached hydrogen (secondary N) is 1. The number of aryl methyl sites for hydroxylation is 1. The molecule has 18 heavy (non-hydrogen) atoms.